The summed E-state index contributed by atoms with van der Waals surface area (Å²) in [5, 5.41) is 6.81. The Morgan fingerprint density at radius 3 is 2.42 bits per heavy atom. The van der Waals surface area contributed by atoms with Gasteiger partial charge in [-0.15, -0.1) is 0 Å². The van der Waals surface area contributed by atoms with Crippen molar-refractivity contribution in [3.63, 3.8) is 0 Å². The summed E-state index contributed by atoms with van der Waals surface area (Å²) in [7, 11) is 1.58. The zero-order chi connectivity index (χ0) is 17.9. The van der Waals surface area contributed by atoms with Gasteiger partial charge in [0.05, 0.1) is 5.92 Å². The van der Waals surface area contributed by atoms with Gasteiger partial charge in [0.1, 0.15) is 6.61 Å². The van der Waals surface area contributed by atoms with Gasteiger partial charge in [-0.25, -0.2) is 0 Å². The van der Waals surface area contributed by atoms with Gasteiger partial charge in [-0.1, -0.05) is 53.7 Å². The smallest absolute Gasteiger partial charge is 0.232 e. The highest BCUT2D eigenvalue weighted by atomic mass is 16.5. The highest BCUT2D eigenvalue weighted by Crippen LogP contribution is 2.44. The number of carbonyl (C=O) groups is 1. The van der Waals surface area contributed by atoms with Crippen LogP contribution < -0.4 is 5.32 Å². The minimum absolute atomic E-state index is 0.0148. The molecule has 0 spiro atoms. The van der Waals surface area contributed by atoms with Gasteiger partial charge in [0.15, 0.2) is 5.82 Å². The van der Waals surface area contributed by atoms with Crippen LogP contribution in [0.2, 0.25) is 0 Å². The normalized spacial score (nSPS) is 12.7. The molecule has 0 saturated heterocycles. The molecular formula is C20H19N3O3. The highest BCUT2D eigenvalue weighted by Gasteiger charge is 2.33. The van der Waals surface area contributed by atoms with Crippen molar-refractivity contribution in [3.05, 3.63) is 71.4 Å². The van der Waals surface area contributed by atoms with E-state index in [9.17, 15) is 4.79 Å². The van der Waals surface area contributed by atoms with Crippen molar-refractivity contribution in [2.45, 2.75) is 18.9 Å². The predicted molar refractivity (Wildman–Crippen MR) is 95.4 cm³/mol. The lowest BCUT2D eigenvalue weighted by molar-refractivity contribution is -0.121. The quantitative estimate of drug-likeness (QED) is 0.740. The van der Waals surface area contributed by atoms with E-state index in [0.29, 0.717) is 31.3 Å². The third-order valence-electron chi connectivity index (χ3n) is 4.52. The second kappa shape index (κ2) is 7.09. The summed E-state index contributed by atoms with van der Waals surface area (Å²) >= 11 is 0. The van der Waals surface area contributed by atoms with Gasteiger partial charge in [-0.2, -0.15) is 4.98 Å². The number of methoxy groups -OCH3 is 1. The molecule has 2 aromatic carbocycles. The zero-order valence-corrected chi connectivity index (χ0v) is 14.4. The number of ether oxygens (including phenoxy) is 1. The van der Waals surface area contributed by atoms with Gasteiger partial charge in [0, 0.05) is 20.1 Å². The van der Waals surface area contributed by atoms with Crippen LogP contribution in [0.15, 0.2) is 53.1 Å². The van der Waals surface area contributed by atoms with Crippen molar-refractivity contribution in [1.82, 2.24) is 15.5 Å². The van der Waals surface area contributed by atoms with Gasteiger partial charge in [0.2, 0.25) is 11.8 Å². The Labute approximate surface area is 151 Å². The third kappa shape index (κ3) is 2.99. The molecule has 0 aliphatic heterocycles. The Bertz CT molecular complexity index is 890. The molecule has 6 heteroatoms. The van der Waals surface area contributed by atoms with Gasteiger partial charge >= 0.3 is 0 Å². The first-order valence-corrected chi connectivity index (χ1v) is 8.54. The van der Waals surface area contributed by atoms with Crippen LogP contribution in [0, 0.1) is 0 Å². The second-order valence-electron chi connectivity index (χ2n) is 6.19. The molecule has 1 aliphatic carbocycles. The summed E-state index contributed by atoms with van der Waals surface area (Å²) in [5.74, 6) is 0.699. The molecule has 0 radical (unpaired) electrons. The number of nitrogens with one attached hydrogen (secondary N) is 1. The maximum absolute atomic E-state index is 12.9. The monoisotopic (exact) mass is 349 g/mol. The number of rotatable bonds is 6. The van der Waals surface area contributed by atoms with Crippen LogP contribution in [0.3, 0.4) is 0 Å². The number of benzene rings is 2. The lowest BCUT2D eigenvalue weighted by Gasteiger charge is -2.13. The van der Waals surface area contributed by atoms with Crippen LogP contribution in [-0.4, -0.2) is 29.7 Å². The average molecular weight is 349 g/mol. The first-order valence-electron chi connectivity index (χ1n) is 8.54. The van der Waals surface area contributed by atoms with Crippen LogP contribution in [0.1, 0.15) is 28.8 Å². The fraction of sp³-hybridized carbons (Fsp3) is 0.250. The summed E-state index contributed by atoms with van der Waals surface area (Å²) in [6, 6.07) is 16.1. The second-order valence-corrected chi connectivity index (χ2v) is 6.19. The predicted octanol–water partition coefficient (Wildman–Crippen LogP) is 2.69. The van der Waals surface area contributed by atoms with Crippen LogP contribution in [-0.2, 0) is 22.6 Å². The Morgan fingerprint density at radius 1 is 1.12 bits per heavy atom. The van der Waals surface area contributed by atoms with Crippen molar-refractivity contribution in [2.75, 3.05) is 13.7 Å². The average Bonchev–Trinajstić information content (AvgIpc) is 3.24. The van der Waals surface area contributed by atoms with Crippen LogP contribution >= 0.6 is 0 Å². The Hall–Kier alpha value is -2.99. The number of hydrogen-bond acceptors (Lipinski definition) is 5. The number of hydrogen-bond donors (Lipinski definition) is 1. The summed E-state index contributed by atoms with van der Waals surface area (Å²) in [5.41, 5.74) is 4.35. The maximum Gasteiger partial charge on any atom is 0.232 e. The van der Waals surface area contributed by atoms with E-state index in [1.54, 1.807) is 7.11 Å². The number of aromatic nitrogens is 2. The molecular weight excluding hydrogens is 330 g/mol. The Kier molecular flexibility index (Phi) is 4.50. The van der Waals surface area contributed by atoms with E-state index >= 15 is 0 Å². The molecule has 0 atom stereocenters. The fourth-order valence-corrected chi connectivity index (χ4v) is 3.41. The number of amides is 1. The van der Waals surface area contributed by atoms with Crippen molar-refractivity contribution in [1.29, 1.82) is 0 Å². The molecule has 1 heterocycles. The van der Waals surface area contributed by atoms with Gasteiger partial charge in [-0.3, -0.25) is 4.79 Å². The molecule has 0 unspecified atom stereocenters. The molecule has 0 saturated carbocycles. The van der Waals surface area contributed by atoms with Gasteiger partial charge in [-0.05, 0) is 22.3 Å². The fourth-order valence-electron chi connectivity index (χ4n) is 3.41. The molecule has 0 bridgehead atoms. The van der Waals surface area contributed by atoms with E-state index in [0.717, 1.165) is 22.3 Å². The van der Waals surface area contributed by atoms with E-state index in [1.807, 2.05) is 36.4 Å². The molecule has 1 N–H and O–H groups in total. The van der Waals surface area contributed by atoms with Crippen molar-refractivity contribution >= 4 is 5.91 Å². The highest BCUT2D eigenvalue weighted by molar-refractivity contribution is 5.96. The molecule has 0 fully saturated rings. The number of fused-ring (bicyclic) bond motifs is 3. The van der Waals surface area contributed by atoms with E-state index in [-0.39, 0.29) is 11.8 Å². The molecule has 3 aromatic rings. The number of carbonyl (C=O) groups excluding carboxylic acids is 1. The number of nitrogens with zero attached hydrogens (tertiary/aromatic N) is 2. The van der Waals surface area contributed by atoms with Crippen LogP contribution in [0.4, 0.5) is 0 Å². The maximum atomic E-state index is 12.9. The van der Waals surface area contributed by atoms with Crippen molar-refractivity contribution in [3.8, 4) is 11.1 Å². The molecule has 1 aliphatic rings. The molecule has 1 aromatic heterocycles. The largest absolute Gasteiger partial charge is 0.377 e. The lowest BCUT2D eigenvalue weighted by Crippen LogP contribution is -2.30. The van der Waals surface area contributed by atoms with E-state index < -0.39 is 0 Å². The van der Waals surface area contributed by atoms with Gasteiger partial charge < -0.3 is 14.6 Å². The topological polar surface area (TPSA) is 77.3 Å². The van der Waals surface area contributed by atoms with Gasteiger partial charge in [0.25, 0.3) is 0 Å². The molecule has 4 rings (SSSR count). The summed E-state index contributed by atoms with van der Waals surface area (Å²) in [6.07, 6.45) is 0.485. The Balaban J connectivity index is 1.46. The van der Waals surface area contributed by atoms with Crippen molar-refractivity contribution < 1.29 is 14.1 Å². The standard InChI is InChI=1S/C20H19N3O3/c1-25-12-17-22-18(26-23-17)10-11-21-20(24)19-15-8-4-2-6-13(15)14-7-3-5-9-16(14)19/h2-9,19H,10-12H2,1H3,(H,21,24). The van der Waals surface area contributed by atoms with Crippen LogP contribution in [0.25, 0.3) is 11.1 Å². The van der Waals surface area contributed by atoms with E-state index in [4.69, 9.17) is 9.26 Å². The van der Waals surface area contributed by atoms with Crippen LogP contribution in [0.5, 0.6) is 0 Å². The molecule has 132 valence electrons. The lowest BCUT2D eigenvalue weighted by atomic mass is 9.96. The SMILES string of the molecule is COCc1noc(CCNC(=O)C2c3ccccc3-c3ccccc32)n1. The summed E-state index contributed by atoms with van der Waals surface area (Å²) in [4.78, 5) is 17.1. The molecule has 1 amide bonds. The third-order valence-corrected chi connectivity index (χ3v) is 4.52. The minimum Gasteiger partial charge on any atom is -0.377 e. The molecule has 26 heavy (non-hydrogen) atoms. The summed E-state index contributed by atoms with van der Waals surface area (Å²) in [6.45, 7) is 0.750. The van der Waals surface area contributed by atoms with Crippen molar-refractivity contribution in [2.24, 2.45) is 0 Å². The first-order chi connectivity index (χ1) is 12.8. The molecule has 6 nitrogen and oxygen atoms in total. The van der Waals surface area contributed by atoms with E-state index in [1.165, 1.54) is 0 Å². The minimum atomic E-state index is -0.283. The summed E-state index contributed by atoms with van der Waals surface area (Å²) < 4.78 is 10.1. The zero-order valence-electron chi connectivity index (χ0n) is 14.4. The van der Waals surface area contributed by atoms with E-state index in [2.05, 4.69) is 27.6 Å². The Morgan fingerprint density at radius 2 is 1.77 bits per heavy atom. The first kappa shape index (κ1) is 16.5.